The van der Waals surface area contributed by atoms with Crippen LogP contribution in [0.15, 0.2) is 53.9 Å². The van der Waals surface area contributed by atoms with Crippen molar-refractivity contribution in [3.05, 3.63) is 65.9 Å². The van der Waals surface area contributed by atoms with Crippen LogP contribution in [0, 0.1) is 0 Å². The largest absolute Gasteiger partial charge is 0.501 e. The number of alkyl halides is 6. The lowest BCUT2D eigenvalue weighted by molar-refractivity contribution is -0.137. The molecule has 2 heterocycles. The van der Waals surface area contributed by atoms with E-state index in [2.05, 4.69) is 25.3 Å². The van der Waals surface area contributed by atoms with Gasteiger partial charge in [-0.15, -0.1) is 0 Å². The van der Waals surface area contributed by atoms with E-state index >= 15 is 0 Å². The first kappa shape index (κ1) is 25.0. The summed E-state index contributed by atoms with van der Waals surface area (Å²) < 4.78 is 102. The number of rotatable bonds is 5. The van der Waals surface area contributed by atoms with Crippen LogP contribution in [0.4, 0.5) is 26.3 Å². The van der Waals surface area contributed by atoms with Crippen molar-refractivity contribution in [2.45, 2.75) is 29.5 Å². The number of halogens is 6. The van der Waals surface area contributed by atoms with Crippen molar-refractivity contribution >= 4 is 15.7 Å². The number of benzene rings is 1. The predicted molar refractivity (Wildman–Crippen MR) is 104 cm³/mol. The first-order chi connectivity index (χ1) is 15.7. The summed E-state index contributed by atoms with van der Waals surface area (Å²) in [6, 6.07) is 0.784. The average molecular weight is 505 g/mol. The smallest absolute Gasteiger partial charge is 0.344 e. The molecule has 1 N–H and O–H groups in total. The average Bonchev–Trinajstić information content (AvgIpc) is 2.78. The summed E-state index contributed by atoms with van der Waals surface area (Å²) in [7, 11) is -6.16. The maximum Gasteiger partial charge on any atom is 0.501 e. The molecule has 0 saturated heterocycles. The summed E-state index contributed by atoms with van der Waals surface area (Å²) >= 11 is 0. The third-order valence-electron chi connectivity index (χ3n) is 4.37. The molecule has 0 aliphatic carbocycles. The normalized spacial score (nSPS) is 13.4. The number of nitrogens with zero attached hydrogens (tertiary/aromatic N) is 4. The van der Waals surface area contributed by atoms with Gasteiger partial charge in [-0.3, -0.25) is 9.78 Å². The van der Waals surface area contributed by atoms with Crippen LogP contribution in [-0.4, -0.2) is 39.8 Å². The quantitative estimate of drug-likeness (QED) is 0.526. The second-order valence-corrected chi connectivity index (χ2v) is 8.69. The van der Waals surface area contributed by atoms with Crippen molar-refractivity contribution in [1.82, 2.24) is 25.3 Å². The van der Waals surface area contributed by atoms with Gasteiger partial charge in [0.15, 0.2) is 5.82 Å². The van der Waals surface area contributed by atoms with Crippen LogP contribution in [-0.2, 0) is 16.0 Å². The predicted octanol–water partition coefficient (Wildman–Crippen LogP) is 3.74. The highest BCUT2D eigenvalue weighted by atomic mass is 32.2. The van der Waals surface area contributed by atoms with Gasteiger partial charge in [0.1, 0.15) is 5.69 Å². The van der Waals surface area contributed by atoms with Crippen LogP contribution >= 0.6 is 0 Å². The summed E-state index contributed by atoms with van der Waals surface area (Å²) in [6.45, 7) is 1.38. The zero-order valence-corrected chi connectivity index (χ0v) is 17.7. The first-order valence-corrected chi connectivity index (χ1v) is 10.6. The van der Waals surface area contributed by atoms with Crippen LogP contribution in [0.2, 0.25) is 0 Å². The highest BCUT2D eigenvalue weighted by Crippen LogP contribution is 2.36. The first-order valence-electron chi connectivity index (χ1n) is 9.14. The number of nitrogens with one attached hydrogen (secondary N) is 1. The molecular weight excluding hydrogens is 492 g/mol. The van der Waals surface area contributed by atoms with Gasteiger partial charge in [0.25, 0.3) is 15.7 Å². The fraction of sp³-hybridized carbons (Fsp3) is 0.211. The molecule has 1 atom stereocenters. The van der Waals surface area contributed by atoms with Gasteiger partial charge in [-0.1, -0.05) is 0 Å². The van der Waals surface area contributed by atoms with Crippen LogP contribution in [0.25, 0.3) is 11.5 Å². The van der Waals surface area contributed by atoms with E-state index < -0.39 is 49.5 Å². The monoisotopic (exact) mass is 505 g/mol. The van der Waals surface area contributed by atoms with Crippen molar-refractivity contribution in [2.75, 3.05) is 0 Å². The molecular formula is C19H13F6N5O3S. The summed E-state index contributed by atoms with van der Waals surface area (Å²) in [5, 5.41) is 2.28. The van der Waals surface area contributed by atoms with Gasteiger partial charge in [-0.25, -0.2) is 23.4 Å². The molecule has 0 aliphatic rings. The Morgan fingerprint density at radius 2 is 1.53 bits per heavy atom. The van der Waals surface area contributed by atoms with Crippen molar-refractivity contribution in [3.63, 3.8) is 0 Å². The molecule has 0 fully saturated rings. The minimum absolute atomic E-state index is 0.108. The second-order valence-electron chi connectivity index (χ2n) is 6.75. The van der Waals surface area contributed by atoms with Crippen molar-refractivity contribution in [2.24, 2.45) is 0 Å². The molecule has 2 aromatic heterocycles. The molecule has 3 aromatic rings. The molecule has 1 aromatic carbocycles. The highest BCUT2D eigenvalue weighted by molar-refractivity contribution is 7.92. The van der Waals surface area contributed by atoms with E-state index in [9.17, 15) is 39.6 Å². The molecule has 15 heteroatoms. The molecule has 34 heavy (non-hydrogen) atoms. The molecule has 3 rings (SSSR count). The molecule has 0 spiro atoms. The van der Waals surface area contributed by atoms with Crippen LogP contribution in [0.1, 0.15) is 34.6 Å². The summed E-state index contributed by atoms with van der Waals surface area (Å²) in [5.41, 5.74) is -8.32. The zero-order chi connectivity index (χ0) is 25.3. The number of hydrogen-bond donors (Lipinski definition) is 1. The van der Waals surface area contributed by atoms with Crippen molar-refractivity contribution < 1.29 is 39.6 Å². The van der Waals surface area contributed by atoms with Gasteiger partial charge in [-0.2, -0.15) is 26.3 Å². The second kappa shape index (κ2) is 8.96. The summed E-state index contributed by atoms with van der Waals surface area (Å²) in [4.78, 5) is 27.1. The molecule has 8 nitrogen and oxygen atoms in total. The van der Waals surface area contributed by atoms with Crippen molar-refractivity contribution in [1.29, 1.82) is 0 Å². The van der Waals surface area contributed by atoms with Crippen LogP contribution in [0.5, 0.6) is 0 Å². The van der Waals surface area contributed by atoms with Gasteiger partial charge in [0.2, 0.25) is 0 Å². The van der Waals surface area contributed by atoms with Gasteiger partial charge in [0.05, 0.1) is 22.2 Å². The Hall–Kier alpha value is -3.62. The number of amides is 1. The van der Waals surface area contributed by atoms with Gasteiger partial charge in [0, 0.05) is 30.4 Å². The molecule has 0 saturated carbocycles. The third kappa shape index (κ3) is 5.13. The fourth-order valence-electron chi connectivity index (χ4n) is 2.79. The minimum atomic E-state index is -6.16. The minimum Gasteiger partial charge on any atom is -0.344 e. The summed E-state index contributed by atoms with van der Waals surface area (Å²) in [6.07, 6.45) is 0.179. The van der Waals surface area contributed by atoms with Gasteiger partial charge in [-0.05, 0) is 31.2 Å². The van der Waals surface area contributed by atoms with E-state index in [0.717, 1.165) is 0 Å². The Balaban J connectivity index is 2.01. The van der Waals surface area contributed by atoms with Crippen LogP contribution in [0.3, 0.4) is 0 Å². The Bertz CT molecular complexity index is 1310. The number of hydrogen-bond acceptors (Lipinski definition) is 7. The molecule has 0 radical (unpaired) electrons. The Morgan fingerprint density at radius 1 is 0.912 bits per heavy atom. The maximum atomic E-state index is 13.2. The lowest BCUT2D eigenvalue weighted by atomic mass is 10.1. The van der Waals surface area contributed by atoms with Crippen LogP contribution < -0.4 is 5.32 Å². The van der Waals surface area contributed by atoms with E-state index in [1.807, 2.05) is 0 Å². The molecule has 1 unspecified atom stereocenters. The SMILES string of the molecule is CC(NC(=O)c1cc(C(F)(F)F)cc(S(=O)(=O)C(F)(F)F)c1)c1nccnc1-c1ncccn1. The number of aromatic nitrogens is 4. The Morgan fingerprint density at radius 3 is 2.12 bits per heavy atom. The lowest BCUT2D eigenvalue weighted by Crippen LogP contribution is -2.29. The third-order valence-corrected chi connectivity index (χ3v) is 5.84. The zero-order valence-electron chi connectivity index (χ0n) is 16.9. The number of sulfone groups is 1. The maximum absolute atomic E-state index is 13.2. The number of carbonyl (C=O) groups is 1. The van der Waals surface area contributed by atoms with Gasteiger partial charge >= 0.3 is 11.7 Å². The molecule has 180 valence electrons. The standard InChI is InChI=1S/C19H13F6N5O3S/c1-10(14-15(27-6-5-26-14)16-28-3-2-4-29-16)30-17(31)11-7-12(18(20,21)22)9-13(8-11)34(32,33)19(23,24)25/h2-10H,1H3,(H,30,31). The molecule has 0 aliphatic heterocycles. The van der Waals surface area contributed by atoms with E-state index in [4.69, 9.17) is 0 Å². The van der Waals surface area contributed by atoms with Crippen molar-refractivity contribution in [3.8, 4) is 11.5 Å². The Labute approximate surface area is 188 Å². The van der Waals surface area contributed by atoms with E-state index in [1.54, 1.807) is 0 Å². The van der Waals surface area contributed by atoms with E-state index in [0.29, 0.717) is 0 Å². The number of carbonyl (C=O) groups excluding carboxylic acids is 1. The van der Waals surface area contributed by atoms with E-state index in [1.165, 1.54) is 37.8 Å². The Kier molecular flexibility index (Phi) is 6.59. The topological polar surface area (TPSA) is 115 Å². The highest BCUT2D eigenvalue weighted by Gasteiger charge is 2.48. The summed E-state index contributed by atoms with van der Waals surface area (Å²) in [5.74, 6) is -1.15. The van der Waals surface area contributed by atoms with Gasteiger partial charge < -0.3 is 5.32 Å². The van der Waals surface area contributed by atoms with E-state index in [-0.39, 0.29) is 35.4 Å². The lowest BCUT2D eigenvalue weighted by Gasteiger charge is -2.17. The fourth-order valence-corrected chi connectivity index (χ4v) is 3.62. The molecule has 1 amide bonds. The molecule has 0 bridgehead atoms.